The summed E-state index contributed by atoms with van der Waals surface area (Å²) in [4.78, 5) is 14.5. The van der Waals surface area contributed by atoms with Crippen LogP contribution in [-0.4, -0.2) is 22.9 Å². The number of aryl methyl sites for hydroxylation is 1. The van der Waals surface area contributed by atoms with Gasteiger partial charge in [-0.05, 0) is 6.92 Å². The molecule has 60 valence electrons. The molecule has 11 heavy (non-hydrogen) atoms. The van der Waals surface area contributed by atoms with Crippen molar-refractivity contribution in [2.45, 2.75) is 6.92 Å². The van der Waals surface area contributed by atoms with Gasteiger partial charge in [0, 0.05) is 0 Å². The van der Waals surface area contributed by atoms with Gasteiger partial charge in [-0.25, -0.2) is 9.78 Å². The predicted molar refractivity (Wildman–Crippen MR) is 33.7 cm³/mol. The summed E-state index contributed by atoms with van der Waals surface area (Å²) < 4.78 is 8.93. The molecule has 0 radical (unpaired) electrons. The summed E-state index contributed by atoms with van der Waals surface area (Å²) in [5, 5.41) is 8.22. The summed E-state index contributed by atoms with van der Waals surface area (Å²) in [5.74, 6) is -0.679. The van der Waals surface area contributed by atoms with Crippen LogP contribution in [0.5, 0.6) is 0 Å². The van der Waals surface area contributed by atoms with Crippen LogP contribution in [0.2, 0.25) is 0 Å². The molecule has 0 spiro atoms. The summed E-state index contributed by atoms with van der Waals surface area (Å²) in [7, 11) is 0. The Morgan fingerprint density at radius 2 is 2.64 bits per heavy atom. The van der Waals surface area contributed by atoms with Crippen molar-refractivity contribution in [2.75, 3.05) is 6.79 Å². The predicted octanol–water partition coefficient (Wildman–Crippen LogP) is 0.0896. The standard InChI is InChI=1S/C6H7NO4/c1-4-5(10-2-7-4)6(9)11-3-8/h2,8H,3H2,1H3. The van der Waals surface area contributed by atoms with E-state index in [2.05, 4.69) is 14.1 Å². The third-order valence-corrected chi connectivity index (χ3v) is 1.13. The van der Waals surface area contributed by atoms with Crippen LogP contribution in [0.25, 0.3) is 0 Å². The number of esters is 1. The first-order valence-corrected chi connectivity index (χ1v) is 2.93. The fourth-order valence-electron chi connectivity index (χ4n) is 0.622. The summed E-state index contributed by atoms with van der Waals surface area (Å²) in [6, 6.07) is 0. The molecule has 1 aromatic rings. The molecule has 0 fully saturated rings. The smallest absolute Gasteiger partial charge is 0.378 e. The topological polar surface area (TPSA) is 72.6 Å². The van der Waals surface area contributed by atoms with Crippen LogP contribution in [0, 0.1) is 6.92 Å². The zero-order chi connectivity index (χ0) is 8.27. The molecule has 1 N–H and O–H groups in total. The lowest BCUT2D eigenvalue weighted by atomic mass is 10.4. The number of hydrogen-bond acceptors (Lipinski definition) is 5. The second-order valence-corrected chi connectivity index (χ2v) is 1.83. The van der Waals surface area contributed by atoms with Crippen molar-refractivity contribution in [1.29, 1.82) is 0 Å². The SMILES string of the molecule is Cc1ncoc1C(=O)OCO. The second-order valence-electron chi connectivity index (χ2n) is 1.83. The van der Waals surface area contributed by atoms with Crippen molar-refractivity contribution in [1.82, 2.24) is 4.98 Å². The van der Waals surface area contributed by atoms with Crippen LogP contribution in [0.1, 0.15) is 16.2 Å². The van der Waals surface area contributed by atoms with E-state index in [0.29, 0.717) is 5.69 Å². The van der Waals surface area contributed by atoms with Gasteiger partial charge in [0.1, 0.15) is 0 Å². The number of aliphatic hydroxyl groups excluding tert-OH is 1. The molecule has 0 aromatic carbocycles. The number of nitrogens with zero attached hydrogens (tertiary/aromatic N) is 1. The fraction of sp³-hybridized carbons (Fsp3) is 0.333. The Labute approximate surface area is 62.6 Å². The van der Waals surface area contributed by atoms with E-state index in [0.717, 1.165) is 6.39 Å². The average Bonchev–Trinajstić information content (AvgIpc) is 2.36. The number of hydrogen-bond donors (Lipinski definition) is 1. The molecule has 0 saturated heterocycles. The monoisotopic (exact) mass is 157 g/mol. The first-order valence-electron chi connectivity index (χ1n) is 2.93. The molecule has 0 aliphatic rings. The molecule has 0 bridgehead atoms. The van der Waals surface area contributed by atoms with E-state index >= 15 is 0 Å². The molecule has 5 heteroatoms. The van der Waals surface area contributed by atoms with Gasteiger partial charge in [-0.3, -0.25) is 0 Å². The van der Waals surface area contributed by atoms with Gasteiger partial charge in [-0.1, -0.05) is 0 Å². The van der Waals surface area contributed by atoms with Gasteiger partial charge in [0.05, 0.1) is 5.69 Å². The van der Waals surface area contributed by atoms with Crippen molar-refractivity contribution in [3.05, 3.63) is 17.8 Å². The summed E-state index contributed by atoms with van der Waals surface area (Å²) in [6.07, 6.45) is 1.14. The van der Waals surface area contributed by atoms with Crippen LogP contribution >= 0.6 is 0 Å². The van der Waals surface area contributed by atoms with E-state index in [-0.39, 0.29) is 5.76 Å². The molecule has 1 heterocycles. The average molecular weight is 157 g/mol. The summed E-state index contributed by atoms with van der Waals surface area (Å²) in [5.41, 5.74) is 0.448. The normalized spacial score (nSPS) is 9.64. The van der Waals surface area contributed by atoms with Crippen LogP contribution < -0.4 is 0 Å². The number of carbonyl (C=O) groups is 1. The molecule has 1 rings (SSSR count). The van der Waals surface area contributed by atoms with E-state index in [1.165, 1.54) is 0 Å². The highest BCUT2D eigenvalue weighted by atomic mass is 16.6. The third kappa shape index (κ3) is 1.56. The number of ether oxygens (including phenoxy) is 1. The van der Waals surface area contributed by atoms with Crippen molar-refractivity contribution < 1.29 is 19.1 Å². The van der Waals surface area contributed by atoms with Crippen LogP contribution in [0.4, 0.5) is 0 Å². The van der Waals surface area contributed by atoms with Gasteiger partial charge in [0.2, 0.25) is 5.76 Å². The lowest BCUT2D eigenvalue weighted by molar-refractivity contribution is 0.00373. The van der Waals surface area contributed by atoms with Crippen LogP contribution in [0.15, 0.2) is 10.8 Å². The molecular formula is C6H7NO4. The maximum Gasteiger partial charge on any atom is 0.378 e. The Hall–Kier alpha value is -1.36. The Morgan fingerprint density at radius 1 is 1.91 bits per heavy atom. The minimum atomic E-state index is -0.706. The number of carbonyl (C=O) groups excluding carboxylic acids is 1. The van der Waals surface area contributed by atoms with Gasteiger partial charge < -0.3 is 14.3 Å². The van der Waals surface area contributed by atoms with Gasteiger partial charge in [-0.15, -0.1) is 0 Å². The molecule has 5 nitrogen and oxygen atoms in total. The third-order valence-electron chi connectivity index (χ3n) is 1.13. The van der Waals surface area contributed by atoms with Gasteiger partial charge in [0.15, 0.2) is 13.2 Å². The summed E-state index contributed by atoms with van der Waals surface area (Å²) in [6.45, 7) is 0.955. The van der Waals surface area contributed by atoms with E-state index in [4.69, 9.17) is 5.11 Å². The molecule has 0 aliphatic heterocycles. The fourth-order valence-corrected chi connectivity index (χ4v) is 0.622. The highest BCUT2D eigenvalue weighted by molar-refractivity contribution is 5.87. The maximum absolute atomic E-state index is 10.8. The number of rotatable bonds is 2. The lowest BCUT2D eigenvalue weighted by Gasteiger charge is -1.95. The lowest BCUT2D eigenvalue weighted by Crippen LogP contribution is -2.05. The van der Waals surface area contributed by atoms with Gasteiger partial charge in [0.25, 0.3) is 0 Å². The number of oxazole rings is 1. The highest BCUT2D eigenvalue weighted by Crippen LogP contribution is 2.05. The van der Waals surface area contributed by atoms with Gasteiger partial charge >= 0.3 is 5.97 Å². The molecular weight excluding hydrogens is 150 g/mol. The van der Waals surface area contributed by atoms with E-state index < -0.39 is 12.8 Å². The number of aliphatic hydroxyl groups is 1. The summed E-state index contributed by atoms with van der Waals surface area (Å²) >= 11 is 0. The Morgan fingerprint density at radius 3 is 3.09 bits per heavy atom. The van der Waals surface area contributed by atoms with Crippen LogP contribution in [0.3, 0.4) is 0 Å². The molecule has 0 unspecified atom stereocenters. The van der Waals surface area contributed by atoms with E-state index in [9.17, 15) is 4.79 Å². The van der Waals surface area contributed by atoms with Crippen molar-refractivity contribution in [3.63, 3.8) is 0 Å². The first kappa shape index (κ1) is 7.74. The van der Waals surface area contributed by atoms with Crippen molar-refractivity contribution in [3.8, 4) is 0 Å². The van der Waals surface area contributed by atoms with E-state index in [1.54, 1.807) is 6.92 Å². The van der Waals surface area contributed by atoms with Crippen molar-refractivity contribution in [2.24, 2.45) is 0 Å². The largest absolute Gasteiger partial charge is 0.436 e. The maximum atomic E-state index is 10.8. The highest BCUT2D eigenvalue weighted by Gasteiger charge is 2.14. The minimum absolute atomic E-state index is 0.0269. The minimum Gasteiger partial charge on any atom is -0.436 e. The quantitative estimate of drug-likeness (QED) is 0.486. The molecule has 0 saturated carbocycles. The first-order chi connectivity index (χ1) is 5.25. The zero-order valence-corrected chi connectivity index (χ0v) is 5.90. The number of aromatic nitrogens is 1. The Kier molecular flexibility index (Phi) is 2.22. The van der Waals surface area contributed by atoms with Crippen LogP contribution in [-0.2, 0) is 4.74 Å². The van der Waals surface area contributed by atoms with Crippen molar-refractivity contribution >= 4 is 5.97 Å². The Bertz CT molecular complexity index is 255. The molecule has 1 aromatic heterocycles. The van der Waals surface area contributed by atoms with E-state index in [1.807, 2.05) is 0 Å². The molecule has 0 aliphatic carbocycles. The van der Waals surface area contributed by atoms with Gasteiger partial charge in [-0.2, -0.15) is 0 Å². The molecule has 0 atom stereocenters. The second kappa shape index (κ2) is 3.16. The molecule has 0 amide bonds. The zero-order valence-electron chi connectivity index (χ0n) is 5.90. The Balaban J connectivity index is 2.76.